The van der Waals surface area contributed by atoms with E-state index < -0.39 is 24.7 Å². The van der Waals surface area contributed by atoms with Crippen LogP contribution >= 0.6 is 0 Å². The Morgan fingerprint density at radius 2 is 2.11 bits per heavy atom. The van der Waals surface area contributed by atoms with Crippen molar-refractivity contribution in [2.24, 2.45) is 0 Å². The summed E-state index contributed by atoms with van der Waals surface area (Å²) >= 11 is 0. The number of carbonyl (C=O) groups is 1. The lowest BCUT2D eigenvalue weighted by atomic mass is 10.2. The topological polar surface area (TPSA) is 53.7 Å². The van der Waals surface area contributed by atoms with Gasteiger partial charge < -0.3 is 9.52 Å². The Morgan fingerprint density at radius 3 is 2.53 bits per heavy atom. The molecule has 1 unspecified atom stereocenters. The van der Waals surface area contributed by atoms with Crippen molar-refractivity contribution in [3.63, 3.8) is 0 Å². The Labute approximate surface area is 108 Å². The second kappa shape index (κ2) is 6.10. The first-order chi connectivity index (χ1) is 8.74. The fraction of sp³-hybridized carbons (Fsp3) is 0.583. The van der Waals surface area contributed by atoms with Crippen LogP contribution in [0.15, 0.2) is 16.5 Å². The second-order valence-corrected chi connectivity index (χ2v) is 4.27. The molecule has 0 spiro atoms. The highest BCUT2D eigenvalue weighted by Gasteiger charge is 2.33. The average molecular weight is 279 g/mol. The van der Waals surface area contributed by atoms with Gasteiger partial charge in [0.15, 0.2) is 0 Å². The molecule has 0 fully saturated rings. The second-order valence-electron chi connectivity index (χ2n) is 4.27. The van der Waals surface area contributed by atoms with Gasteiger partial charge >= 0.3 is 12.1 Å². The van der Waals surface area contributed by atoms with Crippen LogP contribution in [0.1, 0.15) is 42.6 Å². The number of hydrogen-bond acceptors (Lipinski definition) is 3. The first kappa shape index (κ1) is 15.6. The van der Waals surface area contributed by atoms with E-state index in [0.29, 0.717) is 6.42 Å². The summed E-state index contributed by atoms with van der Waals surface area (Å²) in [5.74, 6) is -1.29. The zero-order valence-electron chi connectivity index (χ0n) is 10.7. The van der Waals surface area contributed by atoms with Crippen LogP contribution in [0.2, 0.25) is 0 Å². The molecule has 108 valence electrons. The van der Waals surface area contributed by atoms with Gasteiger partial charge in [-0.1, -0.05) is 6.92 Å². The van der Waals surface area contributed by atoms with E-state index in [1.807, 2.05) is 0 Å². The lowest BCUT2D eigenvalue weighted by molar-refractivity contribution is -0.151. The Balaban J connectivity index is 2.85. The first-order valence-electron chi connectivity index (χ1n) is 5.88. The molecule has 0 aromatic carbocycles. The van der Waals surface area contributed by atoms with Gasteiger partial charge in [-0.05, 0) is 32.0 Å². The Kier molecular flexibility index (Phi) is 4.99. The number of rotatable bonds is 6. The predicted molar refractivity (Wildman–Crippen MR) is 62.0 cm³/mol. The summed E-state index contributed by atoms with van der Waals surface area (Å²) in [5.41, 5.74) is 0. The van der Waals surface area contributed by atoms with Gasteiger partial charge in [-0.15, -0.1) is 0 Å². The lowest BCUT2D eigenvalue weighted by Gasteiger charge is -2.28. The molecule has 0 bridgehead atoms. The van der Waals surface area contributed by atoms with E-state index in [1.54, 1.807) is 13.8 Å². The average Bonchev–Trinajstić information content (AvgIpc) is 2.75. The minimum Gasteiger partial charge on any atom is -0.475 e. The summed E-state index contributed by atoms with van der Waals surface area (Å²) in [7, 11) is 0. The largest absolute Gasteiger partial charge is 0.475 e. The van der Waals surface area contributed by atoms with Crippen LogP contribution in [0.25, 0.3) is 0 Å². The van der Waals surface area contributed by atoms with Crippen LogP contribution in [0.4, 0.5) is 13.2 Å². The molecule has 1 N–H and O–H groups in total. The van der Waals surface area contributed by atoms with E-state index in [9.17, 15) is 18.0 Å². The molecule has 1 aromatic rings. The van der Waals surface area contributed by atoms with Gasteiger partial charge in [0.25, 0.3) is 0 Å². The van der Waals surface area contributed by atoms with Crippen LogP contribution in [-0.4, -0.2) is 35.2 Å². The van der Waals surface area contributed by atoms with E-state index in [0.717, 1.165) is 0 Å². The van der Waals surface area contributed by atoms with E-state index in [-0.39, 0.29) is 18.1 Å². The standard InChI is InChI=1S/C12H16F3NO3/c1-3-6-16(7-12(13,14)15)8(2)9-4-5-10(19-9)11(17)18/h4-5,8H,3,6-7H2,1-2H3,(H,17,18). The van der Waals surface area contributed by atoms with Crippen LogP contribution < -0.4 is 0 Å². The number of alkyl halides is 3. The third-order valence-corrected chi connectivity index (χ3v) is 2.69. The summed E-state index contributed by atoms with van der Waals surface area (Å²) in [4.78, 5) is 11.9. The van der Waals surface area contributed by atoms with Gasteiger partial charge in [0.1, 0.15) is 5.76 Å². The molecule has 1 atom stereocenters. The maximum Gasteiger partial charge on any atom is 0.401 e. The van der Waals surface area contributed by atoms with Crippen molar-refractivity contribution in [2.75, 3.05) is 13.1 Å². The number of nitrogens with zero attached hydrogens (tertiary/aromatic N) is 1. The van der Waals surface area contributed by atoms with E-state index in [4.69, 9.17) is 9.52 Å². The molecule has 0 radical (unpaired) electrons. The minimum absolute atomic E-state index is 0.218. The van der Waals surface area contributed by atoms with Crippen LogP contribution in [0.3, 0.4) is 0 Å². The van der Waals surface area contributed by atoms with Crippen molar-refractivity contribution in [3.8, 4) is 0 Å². The summed E-state index contributed by atoms with van der Waals surface area (Å²) < 4.78 is 42.5. The van der Waals surface area contributed by atoms with Gasteiger partial charge in [0.05, 0.1) is 12.6 Å². The molecule has 0 saturated heterocycles. The molecule has 0 saturated carbocycles. The normalized spacial score (nSPS) is 13.8. The zero-order chi connectivity index (χ0) is 14.6. The number of aromatic carboxylic acids is 1. The quantitative estimate of drug-likeness (QED) is 0.868. The lowest BCUT2D eigenvalue weighted by Crippen LogP contribution is -2.36. The maximum absolute atomic E-state index is 12.5. The van der Waals surface area contributed by atoms with Gasteiger partial charge in [-0.2, -0.15) is 13.2 Å². The molecule has 0 aliphatic heterocycles. The smallest absolute Gasteiger partial charge is 0.401 e. The highest BCUT2D eigenvalue weighted by atomic mass is 19.4. The number of hydrogen-bond donors (Lipinski definition) is 1. The van der Waals surface area contributed by atoms with Crippen molar-refractivity contribution in [1.29, 1.82) is 0 Å². The Morgan fingerprint density at radius 1 is 1.47 bits per heavy atom. The molecule has 0 amide bonds. The first-order valence-corrected chi connectivity index (χ1v) is 5.88. The fourth-order valence-electron chi connectivity index (χ4n) is 1.80. The number of halogens is 3. The summed E-state index contributed by atoms with van der Waals surface area (Å²) in [6, 6.07) is 2.01. The SMILES string of the molecule is CCCN(CC(F)(F)F)C(C)c1ccc(C(=O)O)o1. The molecule has 1 heterocycles. The Bertz CT molecular complexity index is 428. The van der Waals surface area contributed by atoms with Crippen molar-refractivity contribution in [2.45, 2.75) is 32.5 Å². The molecule has 1 rings (SSSR count). The monoisotopic (exact) mass is 279 g/mol. The zero-order valence-corrected chi connectivity index (χ0v) is 10.7. The molecule has 0 aliphatic carbocycles. The highest BCUT2D eigenvalue weighted by molar-refractivity contribution is 5.84. The molecular formula is C12H16F3NO3. The highest BCUT2D eigenvalue weighted by Crippen LogP contribution is 2.26. The van der Waals surface area contributed by atoms with E-state index in [2.05, 4.69) is 0 Å². The van der Waals surface area contributed by atoms with Crippen LogP contribution in [0, 0.1) is 0 Å². The minimum atomic E-state index is -4.30. The number of carboxylic acids is 1. The molecular weight excluding hydrogens is 263 g/mol. The van der Waals surface area contributed by atoms with Crippen LogP contribution in [0.5, 0.6) is 0 Å². The van der Waals surface area contributed by atoms with E-state index in [1.165, 1.54) is 17.0 Å². The van der Waals surface area contributed by atoms with Crippen molar-refractivity contribution in [3.05, 3.63) is 23.7 Å². The molecule has 4 nitrogen and oxygen atoms in total. The molecule has 7 heteroatoms. The van der Waals surface area contributed by atoms with Crippen molar-refractivity contribution >= 4 is 5.97 Å². The molecule has 0 aliphatic rings. The van der Waals surface area contributed by atoms with Gasteiger partial charge in [-0.3, -0.25) is 4.90 Å². The third kappa shape index (κ3) is 4.59. The van der Waals surface area contributed by atoms with E-state index >= 15 is 0 Å². The van der Waals surface area contributed by atoms with Gasteiger partial charge in [0.2, 0.25) is 5.76 Å². The maximum atomic E-state index is 12.5. The van der Waals surface area contributed by atoms with Gasteiger partial charge in [0, 0.05) is 0 Å². The molecule has 1 aromatic heterocycles. The third-order valence-electron chi connectivity index (χ3n) is 2.69. The fourth-order valence-corrected chi connectivity index (χ4v) is 1.80. The Hall–Kier alpha value is -1.50. The van der Waals surface area contributed by atoms with Gasteiger partial charge in [-0.25, -0.2) is 4.79 Å². The summed E-state index contributed by atoms with van der Waals surface area (Å²) in [6.07, 6.45) is -3.74. The number of furan rings is 1. The molecule has 19 heavy (non-hydrogen) atoms. The summed E-state index contributed by atoms with van der Waals surface area (Å²) in [5, 5.41) is 8.72. The van der Waals surface area contributed by atoms with Crippen LogP contribution in [-0.2, 0) is 0 Å². The summed E-state index contributed by atoms with van der Waals surface area (Å²) in [6.45, 7) is 2.54. The predicted octanol–water partition coefficient (Wildman–Crippen LogP) is 3.31. The van der Waals surface area contributed by atoms with Crippen molar-refractivity contribution in [1.82, 2.24) is 4.90 Å². The van der Waals surface area contributed by atoms with Crippen molar-refractivity contribution < 1.29 is 27.5 Å². The number of carboxylic acid groups (broad SMARTS) is 1.